The van der Waals surface area contributed by atoms with Gasteiger partial charge in [-0.3, -0.25) is 4.79 Å². The van der Waals surface area contributed by atoms with Crippen LogP contribution in [-0.4, -0.2) is 38.7 Å². The number of amides is 1. The molecule has 1 saturated carbocycles. The van der Waals surface area contributed by atoms with Crippen LogP contribution in [-0.2, 0) is 4.79 Å². The fourth-order valence-corrected chi connectivity index (χ4v) is 3.30. The highest BCUT2D eigenvalue weighted by Gasteiger charge is 2.28. The van der Waals surface area contributed by atoms with Crippen LogP contribution in [0.25, 0.3) is 11.4 Å². The van der Waals surface area contributed by atoms with E-state index in [0.29, 0.717) is 12.1 Å². The van der Waals surface area contributed by atoms with E-state index in [4.69, 9.17) is 0 Å². The molecule has 1 aliphatic carbocycles. The monoisotopic (exact) mass is 362 g/mol. The minimum atomic E-state index is 0. The van der Waals surface area contributed by atoms with E-state index in [9.17, 15) is 4.79 Å². The molecular formula is C17H23ClN6O. The first kappa shape index (κ1) is 17.8. The van der Waals surface area contributed by atoms with E-state index >= 15 is 0 Å². The SMILES string of the molecule is C[C@H]1C[C@@H](C(=O)Nc2cccc(-c3nnnn3C3CC3)c2)CCN1.Cl. The van der Waals surface area contributed by atoms with Crippen molar-refractivity contribution < 1.29 is 4.79 Å². The number of hydrogen-bond donors (Lipinski definition) is 2. The molecule has 2 N–H and O–H groups in total. The Morgan fingerprint density at radius 1 is 1.32 bits per heavy atom. The number of benzene rings is 1. The van der Waals surface area contributed by atoms with Crippen molar-refractivity contribution in [3.63, 3.8) is 0 Å². The lowest BCUT2D eigenvalue weighted by Crippen LogP contribution is -2.40. The van der Waals surface area contributed by atoms with Gasteiger partial charge in [0.25, 0.3) is 0 Å². The number of hydrogen-bond acceptors (Lipinski definition) is 5. The molecule has 2 heterocycles. The van der Waals surface area contributed by atoms with Gasteiger partial charge in [0.05, 0.1) is 6.04 Å². The number of nitrogens with zero attached hydrogens (tertiary/aromatic N) is 4. The topological polar surface area (TPSA) is 84.7 Å². The van der Waals surface area contributed by atoms with Gasteiger partial charge in [-0.2, -0.15) is 0 Å². The highest BCUT2D eigenvalue weighted by atomic mass is 35.5. The summed E-state index contributed by atoms with van der Waals surface area (Å²) in [4.78, 5) is 12.5. The summed E-state index contributed by atoms with van der Waals surface area (Å²) in [5.41, 5.74) is 1.73. The molecule has 7 nitrogen and oxygen atoms in total. The smallest absolute Gasteiger partial charge is 0.227 e. The van der Waals surface area contributed by atoms with Crippen LogP contribution in [0.3, 0.4) is 0 Å². The molecule has 0 spiro atoms. The molecule has 0 bridgehead atoms. The molecule has 0 unspecified atom stereocenters. The summed E-state index contributed by atoms with van der Waals surface area (Å²) in [6.07, 6.45) is 4.02. The first-order valence-electron chi connectivity index (χ1n) is 8.63. The highest BCUT2D eigenvalue weighted by Crippen LogP contribution is 2.36. The largest absolute Gasteiger partial charge is 0.326 e. The number of aromatic nitrogens is 4. The number of rotatable bonds is 4. The van der Waals surface area contributed by atoms with Crippen LogP contribution >= 0.6 is 12.4 Å². The van der Waals surface area contributed by atoms with Gasteiger partial charge in [0.2, 0.25) is 5.91 Å². The van der Waals surface area contributed by atoms with Crippen LogP contribution in [0.4, 0.5) is 5.69 Å². The Morgan fingerprint density at radius 3 is 2.92 bits per heavy atom. The molecule has 1 aliphatic heterocycles. The summed E-state index contributed by atoms with van der Waals surface area (Å²) in [7, 11) is 0. The minimum absolute atomic E-state index is 0. The van der Waals surface area contributed by atoms with Crippen molar-refractivity contribution in [1.29, 1.82) is 0 Å². The van der Waals surface area contributed by atoms with E-state index in [0.717, 1.165) is 49.3 Å². The second kappa shape index (κ2) is 7.49. The molecule has 4 rings (SSSR count). The second-order valence-corrected chi connectivity index (χ2v) is 6.82. The van der Waals surface area contributed by atoms with Crippen LogP contribution in [0, 0.1) is 5.92 Å². The van der Waals surface area contributed by atoms with Crippen molar-refractivity contribution in [2.45, 2.75) is 44.7 Å². The molecule has 2 aliphatic rings. The third-order valence-electron chi connectivity index (χ3n) is 4.77. The third-order valence-corrected chi connectivity index (χ3v) is 4.77. The Balaban J connectivity index is 0.00000182. The summed E-state index contributed by atoms with van der Waals surface area (Å²) >= 11 is 0. The van der Waals surface area contributed by atoms with Gasteiger partial charge in [0.1, 0.15) is 0 Å². The van der Waals surface area contributed by atoms with Crippen molar-refractivity contribution in [3.8, 4) is 11.4 Å². The zero-order chi connectivity index (χ0) is 16.5. The van der Waals surface area contributed by atoms with Crippen LogP contribution in [0.15, 0.2) is 24.3 Å². The number of carbonyl (C=O) groups excluding carboxylic acids is 1. The number of nitrogens with one attached hydrogen (secondary N) is 2. The first-order chi connectivity index (χ1) is 11.7. The Kier molecular flexibility index (Phi) is 5.34. The van der Waals surface area contributed by atoms with Gasteiger partial charge in [-0.15, -0.1) is 17.5 Å². The van der Waals surface area contributed by atoms with Crippen molar-refractivity contribution in [2.24, 2.45) is 5.92 Å². The molecule has 2 atom stereocenters. The van der Waals surface area contributed by atoms with E-state index in [-0.39, 0.29) is 24.2 Å². The van der Waals surface area contributed by atoms with Gasteiger partial charge in [0.15, 0.2) is 5.82 Å². The van der Waals surface area contributed by atoms with E-state index < -0.39 is 0 Å². The fraction of sp³-hybridized carbons (Fsp3) is 0.529. The highest BCUT2D eigenvalue weighted by molar-refractivity contribution is 5.93. The molecule has 1 amide bonds. The lowest BCUT2D eigenvalue weighted by molar-refractivity contribution is -0.120. The summed E-state index contributed by atoms with van der Waals surface area (Å²) in [5, 5.41) is 18.5. The quantitative estimate of drug-likeness (QED) is 0.872. The molecule has 1 aromatic heterocycles. The normalized spacial score (nSPS) is 22.9. The van der Waals surface area contributed by atoms with E-state index in [1.54, 1.807) is 0 Å². The van der Waals surface area contributed by atoms with Crippen LogP contribution in [0.1, 0.15) is 38.6 Å². The van der Waals surface area contributed by atoms with Crippen molar-refractivity contribution in [3.05, 3.63) is 24.3 Å². The maximum atomic E-state index is 12.5. The number of halogens is 1. The number of tetrazole rings is 1. The average Bonchev–Trinajstić information content (AvgIpc) is 3.32. The van der Waals surface area contributed by atoms with Gasteiger partial charge in [0, 0.05) is 23.2 Å². The third kappa shape index (κ3) is 3.99. The molecule has 8 heteroatoms. The Hall–Kier alpha value is -1.99. The maximum Gasteiger partial charge on any atom is 0.227 e. The van der Waals surface area contributed by atoms with Crippen LogP contribution < -0.4 is 10.6 Å². The van der Waals surface area contributed by atoms with Gasteiger partial charge in [-0.1, -0.05) is 12.1 Å². The fourth-order valence-electron chi connectivity index (χ4n) is 3.30. The summed E-state index contributed by atoms with van der Waals surface area (Å²) < 4.78 is 1.88. The van der Waals surface area contributed by atoms with Gasteiger partial charge >= 0.3 is 0 Å². The average molecular weight is 363 g/mol. The molecule has 1 aromatic carbocycles. The van der Waals surface area contributed by atoms with Crippen molar-refractivity contribution in [2.75, 3.05) is 11.9 Å². The van der Waals surface area contributed by atoms with Crippen molar-refractivity contribution >= 4 is 24.0 Å². The van der Waals surface area contributed by atoms with Crippen LogP contribution in [0.2, 0.25) is 0 Å². The van der Waals surface area contributed by atoms with E-state index in [2.05, 4.69) is 33.1 Å². The number of anilines is 1. The summed E-state index contributed by atoms with van der Waals surface area (Å²) in [5.74, 6) is 0.938. The summed E-state index contributed by atoms with van der Waals surface area (Å²) in [6.45, 7) is 3.02. The minimum Gasteiger partial charge on any atom is -0.326 e. The predicted octanol–water partition coefficient (Wildman–Crippen LogP) is 2.42. The van der Waals surface area contributed by atoms with E-state index in [1.807, 2.05) is 28.9 Å². The molecular weight excluding hydrogens is 340 g/mol. The number of carbonyl (C=O) groups is 1. The Labute approximate surface area is 153 Å². The Bertz CT molecular complexity index is 744. The maximum absolute atomic E-state index is 12.5. The molecule has 2 aromatic rings. The lowest BCUT2D eigenvalue weighted by Gasteiger charge is -2.27. The van der Waals surface area contributed by atoms with Gasteiger partial charge in [-0.25, -0.2) is 4.68 Å². The first-order valence-corrected chi connectivity index (χ1v) is 8.63. The molecule has 2 fully saturated rings. The van der Waals surface area contributed by atoms with Crippen molar-refractivity contribution in [1.82, 2.24) is 25.5 Å². The zero-order valence-electron chi connectivity index (χ0n) is 14.2. The molecule has 25 heavy (non-hydrogen) atoms. The van der Waals surface area contributed by atoms with Crippen LogP contribution in [0.5, 0.6) is 0 Å². The molecule has 134 valence electrons. The summed E-state index contributed by atoms with van der Waals surface area (Å²) in [6, 6.07) is 8.59. The Morgan fingerprint density at radius 2 is 2.16 bits per heavy atom. The predicted molar refractivity (Wildman–Crippen MR) is 97.6 cm³/mol. The van der Waals surface area contributed by atoms with Gasteiger partial charge < -0.3 is 10.6 Å². The van der Waals surface area contributed by atoms with Gasteiger partial charge in [-0.05, 0) is 61.7 Å². The molecule has 0 radical (unpaired) electrons. The second-order valence-electron chi connectivity index (χ2n) is 6.82. The zero-order valence-corrected chi connectivity index (χ0v) is 15.0. The standard InChI is InChI=1S/C17H22N6O.ClH/c1-11-9-13(7-8-18-11)17(24)19-14-4-2-3-12(10-14)16-20-21-22-23(16)15-5-6-15;/h2-4,10-11,13,15,18H,5-9H2,1H3,(H,19,24);1H/t11-,13-;/m0./s1. The number of piperidine rings is 1. The lowest BCUT2D eigenvalue weighted by atomic mass is 9.92. The van der Waals surface area contributed by atoms with E-state index in [1.165, 1.54) is 0 Å². The molecule has 1 saturated heterocycles.